The van der Waals surface area contributed by atoms with Gasteiger partial charge in [0.1, 0.15) is 11.5 Å². The maximum atomic E-state index is 12.1. The summed E-state index contributed by atoms with van der Waals surface area (Å²) in [4.78, 5) is 12.1. The van der Waals surface area contributed by atoms with E-state index in [0.29, 0.717) is 41.2 Å². The number of carbonyl (C=O) groups excluding carboxylic acids is 1. The number of ether oxygens (including phenoxy) is 1. The zero-order chi connectivity index (χ0) is 14.0. The van der Waals surface area contributed by atoms with Crippen LogP contribution >= 0.6 is 11.6 Å². The molecule has 1 aliphatic carbocycles. The van der Waals surface area contributed by atoms with Gasteiger partial charge in [-0.1, -0.05) is 17.5 Å². The molecule has 4 heteroatoms. The number of benzene rings is 1. The fraction of sp³-hybridized carbons (Fsp3) is 0.400. The van der Waals surface area contributed by atoms with Crippen molar-refractivity contribution in [2.45, 2.75) is 31.3 Å². The van der Waals surface area contributed by atoms with Crippen molar-refractivity contribution in [2.75, 3.05) is 7.11 Å². The van der Waals surface area contributed by atoms with E-state index in [0.717, 1.165) is 0 Å². The Morgan fingerprint density at radius 2 is 2.26 bits per heavy atom. The molecule has 0 saturated heterocycles. The Hall–Kier alpha value is -1.50. The normalized spacial score (nSPS) is 22.9. The Balaban J connectivity index is 2.54. The van der Waals surface area contributed by atoms with Crippen molar-refractivity contribution in [3.63, 3.8) is 0 Å². The monoisotopic (exact) mass is 278 g/mol. The molecule has 19 heavy (non-hydrogen) atoms. The zero-order valence-electron chi connectivity index (χ0n) is 10.6. The molecule has 100 valence electrons. The summed E-state index contributed by atoms with van der Waals surface area (Å²) < 4.78 is 5.28. The summed E-state index contributed by atoms with van der Waals surface area (Å²) in [5.74, 6) is 2.31. The number of Topliss-reactive ketones (excluding diaryl/α,β-unsaturated/α-hetero) is 1. The standard InChI is InChI=1S/C15H15ClO3/c1-3-9-7-10(16)14(13(8-9)19-2)15-11(17)5-4-6-12(15)18/h1,7-8,11,15,17H,4-6H2,2H3. The van der Waals surface area contributed by atoms with Crippen LogP contribution in [0.1, 0.15) is 36.3 Å². The molecule has 0 bridgehead atoms. The number of halogens is 1. The van der Waals surface area contributed by atoms with Crippen molar-refractivity contribution < 1.29 is 14.6 Å². The van der Waals surface area contributed by atoms with Gasteiger partial charge in [0.15, 0.2) is 0 Å². The fourth-order valence-corrected chi connectivity index (χ4v) is 2.85. The third kappa shape index (κ3) is 2.60. The highest BCUT2D eigenvalue weighted by atomic mass is 35.5. The Kier molecular flexibility index (Phi) is 4.14. The number of carbonyl (C=O) groups is 1. The van der Waals surface area contributed by atoms with Gasteiger partial charge >= 0.3 is 0 Å². The second kappa shape index (κ2) is 5.64. The molecule has 0 radical (unpaired) electrons. The minimum Gasteiger partial charge on any atom is -0.496 e. The number of ketones is 1. The maximum absolute atomic E-state index is 12.1. The van der Waals surface area contributed by atoms with Crippen molar-refractivity contribution in [1.29, 1.82) is 0 Å². The lowest BCUT2D eigenvalue weighted by Crippen LogP contribution is -2.31. The summed E-state index contributed by atoms with van der Waals surface area (Å²) >= 11 is 6.22. The number of methoxy groups -OCH3 is 1. The van der Waals surface area contributed by atoms with E-state index >= 15 is 0 Å². The molecule has 1 aliphatic rings. The van der Waals surface area contributed by atoms with E-state index in [1.165, 1.54) is 7.11 Å². The number of hydrogen-bond donors (Lipinski definition) is 1. The van der Waals surface area contributed by atoms with Crippen molar-refractivity contribution in [3.8, 4) is 18.1 Å². The van der Waals surface area contributed by atoms with Crippen LogP contribution in [0, 0.1) is 12.3 Å². The lowest BCUT2D eigenvalue weighted by atomic mass is 9.80. The summed E-state index contributed by atoms with van der Waals surface area (Å²) in [5, 5.41) is 10.5. The van der Waals surface area contributed by atoms with Crippen molar-refractivity contribution >= 4 is 17.4 Å². The van der Waals surface area contributed by atoms with E-state index in [1.54, 1.807) is 12.1 Å². The van der Waals surface area contributed by atoms with E-state index in [1.807, 2.05) is 0 Å². The van der Waals surface area contributed by atoms with E-state index in [2.05, 4.69) is 5.92 Å². The number of rotatable bonds is 2. The summed E-state index contributed by atoms with van der Waals surface area (Å²) in [5.41, 5.74) is 1.13. The Bertz CT molecular complexity index is 545. The Morgan fingerprint density at radius 1 is 1.53 bits per heavy atom. The molecule has 3 nitrogen and oxygen atoms in total. The molecule has 0 aromatic heterocycles. The van der Waals surface area contributed by atoms with Crippen LogP contribution in [0.5, 0.6) is 5.75 Å². The molecule has 1 aromatic rings. The van der Waals surface area contributed by atoms with Crippen molar-refractivity contribution in [1.82, 2.24) is 0 Å². The average molecular weight is 279 g/mol. The van der Waals surface area contributed by atoms with Gasteiger partial charge in [-0.3, -0.25) is 4.79 Å². The van der Waals surface area contributed by atoms with Crippen LogP contribution in [-0.2, 0) is 4.79 Å². The zero-order valence-corrected chi connectivity index (χ0v) is 11.4. The predicted molar refractivity (Wildman–Crippen MR) is 73.5 cm³/mol. The first-order valence-electron chi connectivity index (χ1n) is 6.13. The summed E-state index contributed by atoms with van der Waals surface area (Å²) in [6.07, 6.45) is 6.38. The minimum atomic E-state index is -0.718. The Morgan fingerprint density at radius 3 is 2.84 bits per heavy atom. The molecule has 2 unspecified atom stereocenters. The van der Waals surface area contributed by atoms with Crippen LogP contribution in [0.4, 0.5) is 0 Å². The third-order valence-electron chi connectivity index (χ3n) is 3.44. The molecule has 0 heterocycles. The molecule has 0 amide bonds. The van der Waals surface area contributed by atoms with Crippen molar-refractivity contribution in [2.24, 2.45) is 0 Å². The number of aliphatic hydroxyl groups excluding tert-OH is 1. The summed E-state index contributed by atoms with van der Waals surface area (Å²) in [6, 6.07) is 3.28. The number of hydrogen-bond acceptors (Lipinski definition) is 3. The second-order valence-corrected chi connectivity index (χ2v) is 5.03. The van der Waals surface area contributed by atoms with Gasteiger partial charge in [0.2, 0.25) is 0 Å². The largest absolute Gasteiger partial charge is 0.496 e. The fourth-order valence-electron chi connectivity index (χ4n) is 2.52. The van der Waals surface area contributed by atoms with Gasteiger partial charge in [-0.05, 0) is 25.0 Å². The highest BCUT2D eigenvalue weighted by Gasteiger charge is 2.35. The van der Waals surface area contributed by atoms with Crippen LogP contribution in [-0.4, -0.2) is 24.1 Å². The van der Waals surface area contributed by atoms with Gasteiger partial charge < -0.3 is 9.84 Å². The molecule has 1 fully saturated rings. The van der Waals surface area contributed by atoms with Crippen LogP contribution in [0.2, 0.25) is 5.02 Å². The minimum absolute atomic E-state index is 0.00703. The summed E-state index contributed by atoms with van der Waals surface area (Å²) in [6.45, 7) is 0. The first-order chi connectivity index (χ1) is 9.08. The SMILES string of the molecule is C#Cc1cc(Cl)c(C2C(=O)CCCC2O)c(OC)c1. The van der Waals surface area contributed by atoms with Gasteiger partial charge in [-0.15, -0.1) is 6.42 Å². The van der Waals surface area contributed by atoms with Crippen LogP contribution in [0.25, 0.3) is 0 Å². The quantitative estimate of drug-likeness (QED) is 0.846. The number of terminal acetylenes is 1. The first kappa shape index (κ1) is 13.9. The van der Waals surface area contributed by atoms with Gasteiger partial charge in [-0.2, -0.15) is 0 Å². The van der Waals surface area contributed by atoms with E-state index < -0.39 is 12.0 Å². The van der Waals surface area contributed by atoms with Crippen LogP contribution < -0.4 is 4.74 Å². The van der Waals surface area contributed by atoms with Gasteiger partial charge in [-0.25, -0.2) is 0 Å². The molecule has 1 saturated carbocycles. The molecule has 0 aliphatic heterocycles. The first-order valence-corrected chi connectivity index (χ1v) is 6.51. The average Bonchev–Trinajstić information content (AvgIpc) is 2.39. The van der Waals surface area contributed by atoms with Crippen LogP contribution in [0.15, 0.2) is 12.1 Å². The smallest absolute Gasteiger partial charge is 0.143 e. The highest BCUT2D eigenvalue weighted by Crippen LogP contribution is 2.40. The predicted octanol–water partition coefficient (Wildman–Crippen LogP) is 2.53. The lowest BCUT2D eigenvalue weighted by Gasteiger charge is -2.28. The Labute approximate surface area is 117 Å². The molecule has 0 spiro atoms. The van der Waals surface area contributed by atoms with Crippen LogP contribution in [0.3, 0.4) is 0 Å². The van der Waals surface area contributed by atoms with Gasteiger partial charge in [0.25, 0.3) is 0 Å². The highest BCUT2D eigenvalue weighted by molar-refractivity contribution is 6.32. The molecule has 2 atom stereocenters. The molecular weight excluding hydrogens is 264 g/mol. The molecule has 2 rings (SSSR count). The van der Waals surface area contributed by atoms with E-state index in [4.69, 9.17) is 22.8 Å². The maximum Gasteiger partial charge on any atom is 0.143 e. The van der Waals surface area contributed by atoms with Gasteiger partial charge in [0, 0.05) is 22.6 Å². The van der Waals surface area contributed by atoms with E-state index in [-0.39, 0.29) is 5.78 Å². The topological polar surface area (TPSA) is 46.5 Å². The third-order valence-corrected chi connectivity index (χ3v) is 3.76. The second-order valence-electron chi connectivity index (χ2n) is 4.62. The molecule has 1 aromatic carbocycles. The lowest BCUT2D eigenvalue weighted by molar-refractivity contribution is -0.125. The van der Waals surface area contributed by atoms with E-state index in [9.17, 15) is 9.90 Å². The number of aliphatic hydroxyl groups is 1. The molecular formula is C15H15ClO3. The molecule has 1 N–H and O–H groups in total. The van der Waals surface area contributed by atoms with Gasteiger partial charge in [0.05, 0.1) is 19.1 Å². The summed E-state index contributed by atoms with van der Waals surface area (Å²) in [7, 11) is 1.50. The van der Waals surface area contributed by atoms with Crippen molar-refractivity contribution in [3.05, 3.63) is 28.3 Å².